The fourth-order valence-corrected chi connectivity index (χ4v) is 4.07. The molecule has 0 atom stereocenters. The van der Waals surface area contributed by atoms with E-state index in [1.165, 1.54) is 5.56 Å². The Morgan fingerprint density at radius 1 is 0.853 bits per heavy atom. The number of piperazine rings is 1. The van der Waals surface area contributed by atoms with Crippen molar-refractivity contribution in [1.29, 1.82) is 0 Å². The molecule has 8 nitrogen and oxygen atoms in total. The van der Waals surface area contributed by atoms with Crippen LogP contribution in [0.25, 0.3) is 22.9 Å². The van der Waals surface area contributed by atoms with Crippen molar-refractivity contribution in [2.45, 2.75) is 20.8 Å². The Morgan fingerprint density at radius 3 is 1.91 bits per heavy atom. The lowest BCUT2D eigenvalue weighted by molar-refractivity contribution is -0.132. The SMILES string of the molecule is CCN(CC)C(=O)CN1CCN(C(=O)c2ccc(-c3nnc(-c4ccc(C)cc4)o3)cc2)CC1. The minimum absolute atomic E-state index is 0.00728. The molecular formula is C26H31N5O3. The second-order valence-electron chi connectivity index (χ2n) is 8.49. The maximum atomic E-state index is 13.0. The summed E-state index contributed by atoms with van der Waals surface area (Å²) in [7, 11) is 0. The molecule has 4 rings (SSSR count). The number of carbonyl (C=O) groups excluding carboxylic acids is 2. The van der Waals surface area contributed by atoms with Crippen molar-refractivity contribution >= 4 is 11.8 Å². The molecule has 0 saturated carbocycles. The van der Waals surface area contributed by atoms with Gasteiger partial charge in [0.05, 0.1) is 6.54 Å². The van der Waals surface area contributed by atoms with E-state index >= 15 is 0 Å². The molecule has 8 heteroatoms. The number of aromatic nitrogens is 2. The van der Waals surface area contributed by atoms with Crippen molar-refractivity contribution in [1.82, 2.24) is 24.9 Å². The first kappa shape index (κ1) is 23.6. The second kappa shape index (κ2) is 10.6. The average molecular weight is 462 g/mol. The maximum Gasteiger partial charge on any atom is 0.253 e. The number of benzene rings is 2. The van der Waals surface area contributed by atoms with Crippen LogP contribution in [0.5, 0.6) is 0 Å². The molecule has 1 aliphatic rings. The van der Waals surface area contributed by atoms with E-state index in [4.69, 9.17) is 4.42 Å². The Kier molecular flexibility index (Phi) is 7.37. The van der Waals surface area contributed by atoms with E-state index in [1.54, 1.807) is 12.1 Å². The van der Waals surface area contributed by atoms with Crippen molar-refractivity contribution in [3.8, 4) is 22.9 Å². The van der Waals surface area contributed by atoms with Crippen LogP contribution in [0, 0.1) is 6.92 Å². The topological polar surface area (TPSA) is 82.8 Å². The molecule has 0 unspecified atom stereocenters. The van der Waals surface area contributed by atoms with Crippen molar-refractivity contribution in [2.75, 3.05) is 45.8 Å². The first-order chi connectivity index (χ1) is 16.5. The lowest BCUT2D eigenvalue weighted by atomic mass is 10.1. The lowest BCUT2D eigenvalue weighted by Crippen LogP contribution is -2.51. The molecule has 0 bridgehead atoms. The summed E-state index contributed by atoms with van der Waals surface area (Å²) in [6.45, 7) is 10.5. The number of hydrogen-bond donors (Lipinski definition) is 0. The Bertz CT molecular complexity index is 1110. The second-order valence-corrected chi connectivity index (χ2v) is 8.49. The monoisotopic (exact) mass is 461 g/mol. The van der Waals surface area contributed by atoms with Gasteiger partial charge in [0.1, 0.15) is 0 Å². The number of nitrogens with zero attached hydrogens (tertiary/aromatic N) is 5. The highest BCUT2D eigenvalue weighted by atomic mass is 16.4. The van der Waals surface area contributed by atoms with Crippen LogP contribution in [-0.2, 0) is 4.79 Å². The van der Waals surface area contributed by atoms with Gasteiger partial charge in [-0.1, -0.05) is 17.7 Å². The third-order valence-corrected chi connectivity index (χ3v) is 6.24. The highest BCUT2D eigenvalue weighted by Crippen LogP contribution is 2.24. The minimum Gasteiger partial charge on any atom is -0.416 e. The zero-order valence-corrected chi connectivity index (χ0v) is 20.0. The molecule has 34 heavy (non-hydrogen) atoms. The van der Waals surface area contributed by atoms with Gasteiger partial charge in [-0.2, -0.15) is 0 Å². The van der Waals surface area contributed by atoms with Crippen LogP contribution in [0.15, 0.2) is 52.9 Å². The summed E-state index contributed by atoms with van der Waals surface area (Å²) in [5, 5.41) is 8.31. The number of rotatable bonds is 7. The van der Waals surface area contributed by atoms with Crippen LogP contribution < -0.4 is 0 Å². The quantitative estimate of drug-likeness (QED) is 0.537. The van der Waals surface area contributed by atoms with E-state index in [0.29, 0.717) is 50.1 Å². The number of hydrogen-bond acceptors (Lipinski definition) is 6. The van der Waals surface area contributed by atoms with E-state index in [-0.39, 0.29) is 11.8 Å². The molecule has 3 aromatic rings. The molecule has 0 radical (unpaired) electrons. The van der Waals surface area contributed by atoms with Crippen LogP contribution in [-0.4, -0.2) is 82.5 Å². The predicted octanol–water partition coefficient (Wildman–Crippen LogP) is 3.34. The number of carbonyl (C=O) groups is 2. The summed E-state index contributed by atoms with van der Waals surface area (Å²) < 4.78 is 5.83. The standard InChI is InChI=1S/C26H31N5O3/c1-4-30(5-2)23(32)18-29-14-16-31(17-15-29)26(33)22-12-10-21(11-13-22)25-28-27-24(34-25)20-8-6-19(3)7-9-20/h6-13H,4-5,14-18H2,1-3H3. The molecule has 2 heterocycles. The molecule has 1 aliphatic heterocycles. The average Bonchev–Trinajstić information content (AvgIpc) is 3.36. The minimum atomic E-state index is -0.00728. The molecular weight excluding hydrogens is 430 g/mol. The highest BCUT2D eigenvalue weighted by molar-refractivity contribution is 5.94. The van der Waals surface area contributed by atoms with Crippen molar-refractivity contribution in [2.24, 2.45) is 0 Å². The number of aryl methyl sites for hydroxylation is 1. The van der Waals surface area contributed by atoms with Crippen LogP contribution in [0.4, 0.5) is 0 Å². The summed E-state index contributed by atoms with van der Waals surface area (Å²) in [5.74, 6) is 1.02. The molecule has 0 N–H and O–H groups in total. The van der Waals surface area contributed by atoms with Gasteiger partial charge in [-0.25, -0.2) is 0 Å². The fraction of sp³-hybridized carbons (Fsp3) is 0.385. The smallest absolute Gasteiger partial charge is 0.253 e. The first-order valence-electron chi connectivity index (χ1n) is 11.8. The van der Waals surface area contributed by atoms with Crippen molar-refractivity contribution < 1.29 is 14.0 Å². The zero-order valence-electron chi connectivity index (χ0n) is 20.0. The van der Waals surface area contributed by atoms with Gasteiger partial charge in [0, 0.05) is 56.0 Å². The lowest BCUT2D eigenvalue weighted by Gasteiger charge is -2.35. The number of amides is 2. The van der Waals surface area contributed by atoms with Gasteiger partial charge in [-0.15, -0.1) is 10.2 Å². The Labute approximate surface area is 200 Å². The number of likely N-dealkylation sites (N-methyl/N-ethyl adjacent to an activating group) is 1. The summed E-state index contributed by atoms with van der Waals surface area (Å²) in [4.78, 5) is 31.1. The van der Waals surface area contributed by atoms with Gasteiger partial charge in [0.25, 0.3) is 5.91 Å². The van der Waals surface area contributed by atoms with E-state index in [9.17, 15) is 9.59 Å². The first-order valence-corrected chi connectivity index (χ1v) is 11.8. The Hall–Kier alpha value is -3.52. The van der Waals surface area contributed by atoms with Gasteiger partial charge in [-0.05, 0) is 57.2 Å². The molecule has 1 saturated heterocycles. The molecule has 1 fully saturated rings. The van der Waals surface area contributed by atoms with Crippen molar-refractivity contribution in [3.63, 3.8) is 0 Å². The normalized spacial score (nSPS) is 14.3. The van der Waals surface area contributed by atoms with Gasteiger partial charge in [-0.3, -0.25) is 14.5 Å². The molecule has 2 amide bonds. The largest absolute Gasteiger partial charge is 0.416 e. The van der Waals surface area contributed by atoms with Gasteiger partial charge >= 0.3 is 0 Å². The highest BCUT2D eigenvalue weighted by Gasteiger charge is 2.24. The third-order valence-electron chi connectivity index (χ3n) is 6.24. The summed E-state index contributed by atoms with van der Waals surface area (Å²) >= 11 is 0. The molecule has 0 aliphatic carbocycles. The van der Waals surface area contributed by atoms with Gasteiger partial charge in [0.2, 0.25) is 17.7 Å². The zero-order chi connectivity index (χ0) is 24.1. The molecule has 2 aromatic carbocycles. The summed E-state index contributed by atoms with van der Waals surface area (Å²) in [5.41, 5.74) is 3.42. The predicted molar refractivity (Wildman–Crippen MR) is 130 cm³/mol. The molecule has 1 aromatic heterocycles. The third kappa shape index (κ3) is 5.34. The van der Waals surface area contributed by atoms with Crippen LogP contribution in [0.3, 0.4) is 0 Å². The van der Waals surface area contributed by atoms with Crippen LogP contribution in [0.2, 0.25) is 0 Å². The molecule has 0 spiro atoms. The van der Waals surface area contributed by atoms with Gasteiger partial charge in [0.15, 0.2) is 0 Å². The maximum absolute atomic E-state index is 13.0. The van der Waals surface area contributed by atoms with Crippen LogP contribution >= 0.6 is 0 Å². The van der Waals surface area contributed by atoms with Crippen molar-refractivity contribution in [3.05, 3.63) is 59.7 Å². The van der Waals surface area contributed by atoms with Gasteiger partial charge < -0.3 is 14.2 Å². The summed E-state index contributed by atoms with van der Waals surface area (Å²) in [6, 6.07) is 15.2. The van der Waals surface area contributed by atoms with Crippen LogP contribution in [0.1, 0.15) is 29.8 Å². The Balaban J connectivity index is 1.34. The summed E-state index contributed by atoms with van der Waals surface area (Å²) in [6.07, 6.45) is 0. The molecule has 178 valence electrons. The van der Waals surface area contributed by atoms with E-state index in [1.807, 2.05) is 67.0 Å². The van der Waals surface area contributed by atoms with E-state index in [2.05, 4.69) is 15.1 Å². The fourth-order valence-electron chi connectivity index (χ4n) is 4.07. The Morgan fingerprint density at radius 2 is 1.38 bits per heavy atom. The van der Waals surface area contributed by atoms with E-state index in [0.717, 1.165) is 24.2 Å². The van der Waals surface area contributed by atoms with E-state index < -0.39 is 0 Å².